The zero-order chi connectivity index (χ0) is 28.5. The predicted molar refractivity (Wildman–Crippen MR) is 162 cm³/mol. The smallest absolute Gasteiger partial charge is 0.110 e. The molecule has 4 heteroatoms. The maximum absolute atomic E-state index is 9.08. The van der Waals surface area contributed by atoms with E-state index >= 15 is 0 Å². The number of rotatable bonds is 24. The predicted octanol–water partition coefficient (Wildman–Crippen LogP) is 8.98. The molecule has 0 rings (SSSR count). The van der Waals surface area contributed by atoms with Gasteiger partial charge in [-0.25, -0.2) is 0 Å². The Balaban J connectivity index is 4.10. The lowest BCUT2D eigenvalue weighted by atomic mass is 9.81. The van der Waals surface area contributed by atoms with Crippen molar-refractivity contribution in [1.82, 2.24) is 0 Å². The highest BCUT2D eigenvalue weighted by molar-refractivity contribution is 4.77. The number of ether oxygens (including phenoxy) is 2. The van der Waals surface area contributed by atoms with Gasteiger partial charge >= 0.3 is 0 Å². The molecule has 0 aliphatic rings. The highest BCUT2D eigenvalue weighted by Gasteiger charge is 2.28. The average molecular weight is 528 g/mol. The first-order valence-electron chi connectivity index (χ1n) is 15.8. The monoisotopic (exact) mass is 528 g/mol. The number of aliphatic hydroxyl groups excluding tert-OH is 1. The van der Waals surface area contributed by atoms with Gasteiger partial charge in [-0.1, -0.05) is 107 Å². The first kappa shape index (κ1) is 36.8. The summed E-state index contributed by atoms with van der Waals surface area (Å²) >= 11 is 0. The van der Waals surface area contributed by atoms with Crippen molar-refractivity contribution in [1.29, 1.82) is 0 Å². The summed E-state index contributed by atoms with van der Waals surface area (Å²) in [6, 6.07) is 0. The van der Waals surface area contributed by atoms with Gasteiger partial charge in [-0.3, -0.25) is 0 Å². The van der Waals surface area contributed by atoms with Gasteiger partial charge in [0.1, 0.15) is 6.23 Å². The summed E-state index contributed by atoms with van der Waals surface area (Å²) in [4.78, 5) is 0. The van der Waals surface area contributed by atoms with Gasteiger partial charge in [-0.2, -0.15) is 0 Å². The molecule has 0 aromatic rings. The van der Waals surface area contributed by atoms with Crippen LogP contribution in [0.3, 0.4) is 0 Å². The van der Waals surface area contributed by atoms with E-state index < -0.39 is 0 Å². The van der Waals surface area contributed by atoms with Crippen molar-refractivity contribution in [2.75, 3.05) is 19.8 Å². The topological polar surface area (TPSA) is 64.7 Å². The summed E-state index contributed by atoms with van der Waals surface area (Å²) in [5.74, 6) is 2.80. The molecule has 0 aliphatic carbocycles. The van der Waals surface area contributed by atoms with Gasteiger partial charge in [0.15, 0.2) is 0 Å². The molecule has 0 amide bonds. The van der Waals surface area contributed by atoms with E-state index in [0.717, 1.165) is 57.2 Å². The molecule has 0 saturated heterocycles. The molecule has 3 N–H and O–H groups in total. The molecule has 0 bridgehead atoms. The quantitative estimate of drug-likeness (QED) is 0.123. The van der Waals surface area contributed by atoms with E-state index in [4.69, 9.17) is 20.3 Å². The van der Waals surface area contributed by atoms with Crippen LogP contribution in [0.4, 0.5) is 0 Å². The Bertz CT molecular complexity index is 534. The molecule has 0 radical (unpaired) electrons. The highest BCUT2D eigenvalue weighted by Crippen LogP contribution is 2.32. The molecule has 0 aliphatic heterocycles. The van der Waals surface area contributed by atoms with E-state index in [1.54, 1.807) is 0 Å². The fourth-order valence-corrected chi connectivity index (χ4v) is 4.98. The summed E-state index contributed by atoms with van der Waals surface area (Å²) < 4.78 is 12.4. The average Bonchev–Trinajstić information content (AvgIpc) is 2.78. The summed E-state index contributed by atoms with van der Waals surface area (Å²) in [5.41, 5.74) is 6.61. The molecule has 0 heterocycles. The fourth-order valence-electron chi connectivity index (χ4n) is 4.98. The first-order valence-corrected chi connectivity index (χ1v) is 15.8. The summed E-state index contributed by atoms with van der Waals surface area (Å²) in [6.07, 6.45) is 14.2. The second-order valence-corrected chi connectivity index (χ2v) is 14.3. The number of nitrogens with two attached hydrogens (primary N) is 1. The van der Waals surface area contributed by atoms with Gasteiger partial charge in [0.2, 0.25) is 0 Å². The third-order valence-corrected chi connectivity index (χ3v) is 8.89. The minimum absolute atomic E-state index is 0.0196. The molecular formula is C33H69NO3. The van der Waals surface area contributed by atoms with E-state index in [1.165, 1.54) is 44.9 Å². The van der Waals surface area contributed by atoms with Crippen LogP contribution in [0.1, 0.15) is 146 Å². The molecule has 0 aromatic carbocycles. The zero-order valence-corrected chi connectivity index (χ0v) is 26.9. The number of aliphatic hydroxyl groups is 1. The Morgan fingerprint density at radius 2 is 1.05 bits per heavy atom. The first-order chi connectivity index (χ1) is 17.2. The Morgan fingerprint density at radius 1 is 0.595 bits per heavy atom. The van der Waals surface area contributed by atoms with Crippen molar-refractivity contribution >= 4 is 0 Å². The van der Waals surface area contributed by atoms with Crippen molar-refractivity contribution in [2.45, 2.75) is 159 Å². The third-order valence-electron chi connectivity index (χ3n) is 8.89. The maximum atomic E-state index is 9.08. The van der Waals surface area contributed by atoms with E-state index in [9.17, 15) is 0 Å². The summed E-state index contributed by atoms with van der Waals surface area (Å²) in [6.45, 7) is 24.9. The number of hydrogen-bond donors (Lipinski definition) is 2. The van der Waals surface area contributed by atoms with Crippen LogP contribution in [0.2, 0.25) is 0 Å². The minimum atomic E-state index is -0.220. The molecule has 0 saturated carbocycles. The standard InChI is InChI=1S/C33H69NO3/c1-26(2)14-11-15-28(4)19-24-36-30(6)32(7,8)21-12-17-29(5)20-25-37-31(34)33(9,10)22-13-16-27(3)18-23-35/h26-31,35H,11-25,34H2,1-10H3. The Hall–Kier alpha value is -0.160. The molecular weight excluding hydrogens is 458 g/mol. The maximum Gasteiger partial charge on any atom is 0.110 e. The number of hydrogen-bond acceptors (Lipinski definition) is 4. The molecule has 4 nitrogen and oxygen atoms in total. The second-order valence-electron chi connectivity index (χ2n) is 14.3. The molecule has 37 heavy (non-hydrogen) atoms. The molecule has 5 atom stereocenters. The molecule has 5 unspecified atom stereocenters. The summed E-state index contributed by atoms with van der Waals surface area (Å²) in [5, 5.41) is 9.08. The Labute approximate surface area is 233 Å². The van der Waals surface area contributed by atoms with Gasteiger partial charge < -0.3 is 20.3 Å². The zero-order valence-electron chi connectivity index (χ0n) is 26.9. The van der Waals surface area contributed by atoms with Crippen molar-refractivity contribution in [2.24, 2.45) is 40.2 Å². The van der Waals surface area contributed by atoms with Crippen LogP contribution in [0.25, 0.3) is 0 Å². The van der Waals surface area contributed by atoms with Gasteiger partial charge in [0.25, 0.3) is 0 Å². The van der Waals surface area contributed by atoms with Gasteiger partial charge in [0, 0.05) is 25.2 Å². The van der Waals surface area contributed by atoms with Crippen LogP contribution in [0, 0.1) is 34.5 Å². The normalized spacial score (nSPS) is 17.1. The Kier molecular flexibility index (Phi) is 19.7. The van der Waals surface area contributed by atoms with Crippen molar-refractivity contribution < 1.29 is 14.6 Å². The largest absolute Gasteiger partial charge is 0.396 e. The van der Waals surface area contributed by atoms with Gasteiger partial charge in [-0.05, 0) is 68.1 Å². The van der Waals surface area contributed by atoms with Gasteiger partial charge in [0.05, 0.1) is 6.10 Å². The lowest BCUT2D eigenvalue weighted by Crippen LogP contribution is -2.40. The second kappa shape index (κ2) is 19.8. The van der Waals surface area contributed by atoms with Crippen LogP contribution in [-0.4, -0.2) is 37.3 Å². The fraction of sp³-hybridized carbons (Fsp3) is 1.00. The minimum Gasteiger partial charge on any atom is -0.396 e. The van der Waals surface area contributed by atoms with Crippen molar-refractivity contribution in [3.05, 3.63) is 0 Å². The van der Waals surface area contributed by atoms with Crippen LogP contribution < -0.4 is 5.73 Å². The molecule has 0 spiro atoms. The van der Waals surface area contributed by atoms with E-state index in [2.05, 4.69) is 69.2 Å². The van der Waals surface area contributed by atoms with Crippen LogP contribution >= 0.6 is 0 Å². The van der Waals surface area contributed by atoms with Crippen molar-refractivity contribution in [3.63, 3.8) is 0 Å². The van der Waals surface area contributed by atoms with E-state index in [-0.39, 0.29) is 23.7 Å². The molecule has 0 aromatic heterocycles. The van der Waals surface area contributed by atoms with E-state index in [0.29, 0.717) is 17.9 Å². The van der Waals surface area contributed by atoms with Gasteiger partial charge in [-0.15, -0.1) is 0 Å². The summed E-state index contributed by atoms with van der Waals surface area (Å²) in [7, 11) is 0. The molecule has 224 valence electrons. The third kappa shape index (κ3) is 18.7. The lowest BCUT2D eigenvalue weighted by Gasteiger charge is -2.33. The Morgan fingerprint density at radius 3 is 1.57 bits per heavy atom. The van der Waals surface area contributed by atoms with Crippen LogP contribution in [0.15, 0.2) is 0 Å². The lowest BCUT2D eigenvalue weighted by molar-refractivity contribution is -0.0320. The van der Waals surface area contributed by atoms with E-state index in [1.807, 2.05) is 0 Å². The SMILES string of the molecule is CC(C)CCCC(C)CCOC(C)C(C)(C)CCCC(C)CCOC(N)C(C)(C)CCCC(C)CCO. The van der Waals surface area contributed by atoms with Crippen LogP contribution in [-0.2, 0) is 9.47 Å². The molecule has 0 fully saturated rings. The van der Waals surface area contributed by atoms with Crippen molar-refractivity contribution in [3.8, 4) is 0 Å². The highest BCUT2D eigenvalue weighted by atomic mass is 16.5. The van der Waals surface area contributed by atoms with Crippen LogP contribution in [0.5, 0.6) is 0 Å².